The fourth-order valence-corrected chi connectivity index (χ4v) is 1.40. The van der Waals surface area contributed by atoms with Crippen LogP contribution in [0.1, 0.15) is 23.0 Å². The topological polar surface area (TPSA) is 63.0 Å². The fourth-order valence-electron chi connectivity index (χ4n) is 1.07. The molecule has 1 heterocycles. The molecule has 5 heteroatoms. The summed E-state index contributed by atoms with van der Waals surface area (Å²) in [7, 11) is 0. The average Bonchev–Trinajstić information content (AvgIpc) is 2.21. The number of nitriles is 1. The number of hydrogen-bond donors (Lipinski definition) is 0. The summed E-state index contributed by atoms with van der Waals surface area (Å²) in [6, 6.07) is 3.56. The lowest BCUT2D eigenvalue weighted by Crippen LogP contribution is -2.09. The predicted molar refractivity (Wildman–Crippen MR) is 57.2 cm³/mol. The zero-order chi connectivity index (χ0) is 11.3. The summed E-state index contributed by atoms with van der Waals surface area (Å²) in [5.41, 5.74) is 0.784. The lowest BCUT2D eigenvalue weighted by Gasteiger charge is -2.05. The molecule has 0 aromatic carbocycles. The van der Waals surface area contributed by atoms with Gasteiger partial charge in [0.15, 0.2) is 0 Å². The van der Waals surface area contributed by atoms with Crippen molar-refractivity contribution in [3.05, 3.63) is 28.0 Å². The van der Waals surface area contributed by atoms with E-state index in [1.807, 2.05) is 6.07 Å². The largest absolute Gasteiger partial charge is 0.462 e. The van der Waals surface area contributed by atoms with E-state index < -0.39 is 5.97 Å². The van der Waals surface area contributed by atoms with Crippen LogP contribution < -0.4 is 0 Å². The Morgan fingerprint density at radius 3 is 3.07 bits per heavy atom. The Bertz CT molecular complexity index is 412. The van der Waals surface area contributed by atoms with Crippen molar-refractivity contribution in [3.8, 4) is 6.07 Å². The summed E-state index contributed by atoms with van der Waals surface area (Å²) in [5.74, 6) is -0.448. The average molecular weight is 269 g/mol. The van der Waals surface area contributed by atoms with E-state index in [1.165, 1.54) is 0 Å². The predicted octanol–water partition coefficient (Wildman–Crippen LogP) is 2.09. The highest BCUT2D eigenvalue weighted by Gasteiger charge is 2.13. The molecule has 0 unspecified atom stereocenters. The molecule has 0 amide bonds. The molecule has 0 saturated heterocycles. The number of pyridine rings is 1. The van der Waals surface area contributed by atoms with Gasteiger partial charge in [-0.15, -0.1) is 0 Å². The van der Waals surface area contributed by atoms with Crippen molar-refractivity contribution < 1.29 is 9.53 Å². The molecule has 78 valence electrons. The van der Waals surface area contributed by atoms with Crippen LogP contribution >= 0.6 is 15.9 Å². The van der Waals surface area contributed by atoms with Crippen LogP contribution in [0.25, 0.3) is 0 Å². The standard InChI is InChI=1S/C10H9BrN2O2/c1-2-15-10(14)8-5-7(11)6-13-9(8)3-4-12/h5-6H,2-3H2,1H3. The molecule has 0 radical (unpaired) electrons. The minimum absolute atomic E-state index is 0.0986. The van der Waals surface area contributed by atoms with E-state index >= 15 is 0 Å². The minimum Gasteiger partial charge on any atom is -0.462 e. The molecule has 0 aliphatic carbocycles. The smallest absolute Gasteiger partial charge is 0.340 e. The molecule has 0 spiro atoms. The maximum absolute atomic E-state index is 11.5. The Labute approximate surface area is 96.0 Å². The molecule has 0 aliphatic rings. The van der Waals surface area contributed by atoms with Gasteiger partial charge in [0.25, 0.3) is 0 Å². The molecule has 0 aliphatic heterocycles. The summed E-state index contributed by atoms with van der Waals surface area (Å²) in [4.78, 5) is 15.5. The lowest BCUT2D eigenvalue weighted by atomic mass is 10.1. The number of carbonyl (C=O) groups excluding carboxylic acids is 1. The summed E-state index contributed by atoms with van der Waals surface area (Å²) < 4.78 is 5.55. The maximum Gasteiger partial charge on any atom is 0.340 e. The monoisotopic (exact) mass is 268 g/mol. The summed E-state index contributed by atoms with van der Waals surface area (Å²) in [6.45, 7) is 2.03. The van der Waals surface area contributed by atoms with Crippen molar-refractivity contribution >= 4 is 21.9 Å². The van der Waals surface area contributed by atoms with Gasteiger partial charge in [-0.2, -0.15) is 5.26 Å². The number of esters is 1. The molecule has 4 nitrogen and oxygen atoms in total. The minimum atomic E-state index is -0.448. The van der Waals surface area contributed by atoms with E-state index in [0.29, 0.717) is 22.3 Å². The molecule has 1 rings (SSSR count). The van der Waals surface area contributed by atoms with E-state index in [4.69, 9.17) is 10.00 Å². The first-order valence-corrected chi connectivity index (χ1v) is 5.16. The number of nitrogens with zero attached hydrogens (tertiary/aromatic N) is 2. The molecule has 0 atom stereocenters. The van der Waals surface area contributed by atoms with E-state index in [-0.39, 0.29) is 6.42 Å². The normalized spacial score (nSPS) is 9.40. The SMILES string of the molecule is CCOC(=O)c1cc(Br)cnc1CC#N. The van der Waals surface area contributed by atoms with Crippen LogP contribution in [0.15, 0.2) is 16.7 Å². The Hall–Kier alpha value is -1.41. The third-order valence-corrected chi connectivity index (χ3v) is 2.11. The highest BCUT2D eigenvalue weighted by Crippen LogP contribution is 2.15. The van der Waals surface area contributed by atoms with Crippen LogP contribution in [-0.2, 0) is 11.2 Å². The Kier molecular flexibility index (Phi) is 4.25. The number of rotatable bonds is 3. The number of halogens is 1. The first-order valence-electron chi connectivity index (χ1n) is 4.37. The van der Waals surface area contributed by atoms with Gasteiger partial charge in [0.2, 0.25) is 0 Å². The highest BCUT2D eigenvalue weighted by molar-refractivity contribution is 9.10. The van der Waals surface area contributed by atoms with Gasteiger partial charge >= 0.3 is 5.97 Å². The van der Waals surface area contributed by atoms with Gasteiger partial charge in [0, 0.05) is 10.7 Å². The first kappa shape index (κ1) is 11.7. The third-order valence-electron chi connectivity index (χ3n) is 1.68. The van der Waals surface area contributed by atoms with Crippen LogP contribution in [0.2, 0.25) is 0 Å². The number of carbonyl (C=O) groups is 1. The van der Waals surface area contributed by atoms with Gasteiger partial charge in [0.05, 0.1) is 30.4 Å². The van der Waals surface area contributed by atoms with Crippen LogP contribution in [0, 0.1) is 11.3 Å². The molecular weight excluding hydrogens is 260 g/mol. The van der Waals surface area contributed by atoms with Crippen LogP contribution in [0.3, 0.4) is 0 Å². The molecule has 1 aromatic heterocycles. The van der Waals surface area contributed by atoms with E-state index in [2.05, 4.69) is 20.9 Å². The van der Waals surface area contributed by atoms with Gasteiger partial charge in [-0.3, -0.25) is 4.98 Å². The summed E-state index contributed by atoms with van der Waals surface area (Å²) in [6.07, 6.45) is 1.65. The molecule has 0 saturated carbocycles. The van der Waals surface area contributed by atoms with Crippen molar-refractivity contribution in [2.24, 2.45) is 0 Å². The van der Waals surface area contributed by atoms with Gasteiger partial charge in [0.1, 0.15) is 0 Å². The quantitative estimate of drug-likeness (QED) is 0.788. The molecule has 15 heavy (non-hydrogen) atoms. The van der Waals surface area contributed by atoms with Crippen LogP contribution in [0.4, 0.5) is 0 Å². The van der Waals surface area contributed by atoms with Crippen molar-refractivity contribution in [2.45, 2.75) is 13.3 Å². The molecule has 0 fully saturated rings. The van der Waals surface area contributed by atoms with E-state index in [9.17, 15) is 4.79 Å². The fraction of sp³-hybridized carbons (Fsp3) is 0.300. The lowest BCUT2D eigenvalue weighted by molar-refractivity contribution is 0.0524. The highest BCUT2D eigenvalue weighted by atomic mass is 79.9. The zero-order valence-electron chi connectivity index (χ0n) is 8.16. The van der Waals surface area contributed by atoms with Gasteiger partial charge in [-0.25, -0.2) is 4.79 Å². The Balaban J connectivity index is 3.07. The van der Waals surface area contributed by atoms with E-state index in [0.717, 1.165) is 0 Å². The zero-order valence-corrected chi connectivity index (χ0v) is 9.74. The molecule has 0 bridgehead atoms. The molecule has 0 N–H and O–H groups in total. The summed E-state index contributed by atoms with van der Waals surface area (Å²) >= 11 is 3.21. The van der Waals surface area contributed by atoms with Crippen LogP contribution in [-0.4, -0.2) is 17.6 Å². The van der Waals surface area contributed by atoms with Crippen LogP contribution in [0.5, 0.6) is 0 Å². The van der Waals surface area contributed by atoms with Crippen molar-refractivity contribution in [1.29, 1.82) is 5.26 Å². The molecular formula is C10H9BrN2O2. The second-order valence-corrected chi connectivity index (χ2v) is 3.62. The second kappa shape index (κ2) is 5.47. The van der Waals surface area contributed by atoms with Gasteiger partial charge in [-0.1, -0.05) is 0 Å². The van der Waals surface area contributed by atoms with Gasteiger partial charge in [-0.05, 0) is 28.9 Å². The Morgan fingerprint density at radius 1 is 1.73 bits per heavy atom. The van der Waals surface area contributed by atoms with Crippen molar-refractivity contribution in [2.75, 3.05) is 6.61 Å². The Morgan fingerprint density at radius 2 is 2.47 bits per heavy atom. The number of aromatic nitrogens is 1. The third kappa shape index (κ3) is 3.03. The van der Waals surface area contributed by atoms with Crippen molar-refractivity contribution in [1.82, 2.24) is 4.98 Å². The summed E-state index contributed by atoms with van der Waals surface area (Å²) in [5, 5.41) is 8.57. The van der Waals surface area contributed by atoms with E-state index in [1.54, 1.807) is 19.2 Å². The maximum atomic E-state index is 11.5. The second-order valence-electron chi connectivity index (χ2n) is 2.70. The number of ether oxygens (including phenoxy) is 1. The number of hydrogen-bond acceptors (Lipinski definition) is 4. The van der Waals surface area contributed by atoms with Crippen molar-refractivity contribution in [3.63, 3.8) is 0 Å². The first-order chi connectivity index (χ1) is 7.19. The van der Waals surface area contributed by atoms with Gasteiger partial charge < -0.3 is 4.74 Å². The molecule has 1 aromatic rings.